The van der Waals surface area contributed by atoms with Crippen LogP contribution in [0.3, 0.4) is 0 Å². The second-order valence-electron chi connectivity index (χ2n) is 5.77. The number of para-hydroxylation sites is 2. The van der Waals surface area contributed by atoms with E-state index in [0.29, 0.717) is 13.1 Å². The molecule has 8 heteroatoms. The third-order valence-corrected chi connectivity index (χ3v) is 4.25. The fraction of sp³-hybridized carbons (Fsp3) is 0.294. The largest absolute Gasteiger partial charge is 0.368 e. The van der Waals surface area contributed by atoms with Crippen molar-refractivity contribution in [3.63, 3.8) is 0 Å². The Bertz CT molecular complexity index is 1110. The number of aryl methyl sites for hydroxylation is 1. The van der Waals surface area contributed by atoms with E-state index in [1.165, 1.54) is 18.7 Å². The summed E-state index contributed by atoms with van der Waals surface area (Å²) in [5.41, 5.74) is 0.781. The topological polar surface area (TPSA) is 97.6 Å². The number of nitrogens with one attached hydrogen (secondary N) is 1. The van der Waals surface area contributed by atoms with Crippen LogP contribution in [0.5, 0.6) is 0 Å². The molecule has 0 bridgehead atoms. The van der Waals surface area contributed by atoms with E-state index >= 15 is 0 Å². The molecular formula is C17H18N6O2. The number of nitriles is 1. The van der Waals surface area contributed by atoms with Gasteiger partial charge in [-0.25, -0.2) is 9.78 Å². The minimum Gasteiger partial charge on any atom is -0.368 e. The molecule has 0 aliphatic rings. The van der Waals surface area contributed by atoms with E-state index < -0.39 is 11.2 Å². The zero-order chi connectivity index (χ0) is 18.1. The highest BCUT2D eigenvalue weighted by Gasteiger charge is 2.15. The van der Waals surface area contributed by atoms with Gasteiger partial charge in [-0.05, 0) is 19.1 Å². The number of nitrogens with zero attached hydrogens (tertiary/aromatic N) is 5. The summed E-state index contributed by atoms with van der Waals surface area (Å²) >= 11 is 0. The molecule has 1 N–H and O–H groups in total. The molecule has 1 aromatic carbocycles. The molecule has 0 spiro atoms. The van der Waals surface area contributed by atoms with Gasteiger partial charge in [0.2, 0.25) is 0 Å². The summed E-state index contributed by atoms with van der Waals surface area (Å²) in [6, 6.07) is 9.71. The second kappa shape index (κ2) is 6.28. The molecule has 3 aromatic rings. The summed E-state index contributed by atoms with van der Waals surface area (Å²) in [7, 11) is 2.89. The van der Waals surface area contributed by atoms with Crippen molar-refractivity contribution >= 4 is 16.9 Å². The molecule has 0 saturated carbocycles. The van der Waals surface area contributed by atoms with Crippen LogP contribution in [0.2, 0.25) is 0 Å². The molecule has 3 rings (SSSR count). The maximum Gasteiger partial charge on any atom is 0.332 e. The van der Waals surface area contributed by atoms with Gasteiger partial charge >= 0.3 is 5.69 Å². The van der Waals surface area contributed by atoms with E-state index in [-0.39, 0.29) is 11.4 Å². The van der Waals surface area contributed by atoms with Gasteiger partial charge in [0.1, 0.15) is 17.7 Å². The van der Waals surface area contributed by atoms with Gasteiger partial charge in [-0.1, -0.05) is 12.1 Å². The van der Waals surface area contributed by atoms with Gasteiger partial charge in [0, 0.05) is 27.2 Å². The predicted octanol–water partition coefficient (Wildman–Crippen LogP) is 0.726. The van der Waals surface area contributed by atoms with Gasteiger partial charge < -0.3 is 9.88 Å². The molecule has 0 atom stereocenters. The van der Waals surface area contributed by atoms with Crippen LogP contribution >= 0.6 is 0 Å². The van der Waals surface area contributed by atoms with Crippen LogP contribution in [0.4, 0.5) is 5.82 Å². The Kier molecular flexibility index (Phi) is 4.15. The first-order valence-corrected chi connectivity index (χ1v) is 7.81. The van der Waals surface area contributed by atoms with E-state index in [1.807, 2.05) is 41.8 Å². The van der Waals surface area contributed by atoms with Crippen LogP contribution in [0, 0.1) is 18.3 Å². The van der Waals surface area contributed by atoms with Crippen LogP contribution < -0.4 is 16.6 Å². The molecule has 0 amide bonds. The quantitative estimate of drug-likeness (QED) is 0.756. The molecule has 2 heterocycles. The summed E-state index contributed by atoms with van der Waals surface area (Å²) in [5.74, 6) is 1.11. The monoisotopic (exact) mass is 338 g/mol. The van der Waals surface area contributed by atoms with Crippen LogP contribution in [0.25, 0.3) is 11.0 Å². The van der Waals surface area contributed by atoms with Gasteiger partial charge in [0.25, 0.3) is 5.56 Å². The highest BCUT2D eigenvalue weighted by atomic mass is 16.2. The van der Waals surface area contributed by atoms with Gasteiger partial charge in [-0.15, -0.1) is 0 Å². The first kappa shape index (κ1) is 16.5. The van der Waals surface area contributed by atoms with Crippen LogP contribution in [0.15, 0.2) is 33.9 Å². The fourth-order valence-corrected chi connectivity index (χ4v) is 2.92. The molecule has 25 heavy (non-hydrogen) atoms. The SMILES string of the molecule is Cc1nc2ccccc2n1CCNc1c(C#N)c(=O)n(C)c(=O)n1C. The lowest BCUT2D eigenvalue weighted by molar-refractivity contribution is 0.673. The molecule has 0 radical (unpaired) electrons. The molecule has 128 valence electrons. The van der Waals surface area contributed by atoms with Crippen molar-refractivity contribution in [1.29, 1.82) is 5.26 Å². The smallest absolute Gasteiger partial charge is 0.332 e. The van der Waals surface area contributed by atoms with Gasteiger partial charge in [0.05, 0.1) is 11.0 Å². The number of imidazole rings is 1. The van der Waals surface area contributed by atoms with E-state index in [4.69, 9.17) is 0 Å². The van der Waals surface area contributed by atoms with Crippen molar-refractivity contribution in [1.82, 2.24) is 18.7 Å². The van der Waals surface area contributed by atoms with Crippen molar-refractivity contribution < 1.29 is 0 Å². The van der Waals surface area contributed by atoms with Crippen LogP contribution in [0.1, 0.15) is 11.4 Å². The van der Waals surface area contributed by atoms with E-state index in [0.717, 1.165) is 21.4 Å². The summed E-state index contributed by atoms with van der Waals surface area (Å²) < 4.78 is 4.25. The van der Waals surface area contributed by atoms with Gasteiger partial charge in [0.15, 0.2) is 5.56 Å². The molecule has 0 unspecified atom stereocenters. The number of fused-ring (bicyclic) bond motifs is 1. The first-order valence-electron chi connectivity index (χ1n) is 7.81. The minimum absolute atomic E-state index is 0.0724. The molecule has 0 aliphatic heterocycles. The Labute approximate surface area is 143 Å². The third kappa shape index (κ3) is 2.70. The molecule has 8 nitrogen and oxygen atoms in total. The van der Waals surface area contributed by atoms with E-state index in [2.05, 4.69) is 10.3 Å². The Morgan fingerprint density at radius 2 is 1.92 bits per heavy atom. The fourth-order valence-electron chi connectivity index (χ4n) is 2.92. The van der Waals surface area contributed by atoms with Crippen LogP contribution in [-0.2, 0) is 20.6 Å². The average Bonchev–Trinajstić information content (AvgIpc) is 2.93. The van der Waals surface area contributed by atoms with E-state index in [1.54, 1.807) is 0 Å². The first-order chi connectivity index (χ1) is 12.0. The number of rotatable bonds is 4. The number of aromatic nitrogens is 4. The number of hydrogen-bond acceptors (Lipinski definition) is 5. The Balaban J connectivity index is 1.90. The number of anilines is 1. The predicted molar refractivity (Wildman–Crippen MR) is 94.6 cm³/mol. The van der Waals surface area contributed by atoms with Gasteiger partial charge in [-0.2, -0.15) is 5.26 Å². The van der Waals surface area contributed by atoms with E-state index in [9.17, 15) is 14.9 Å². The highest BCUT2D eigenvalue weighted by molar-refractivity contribution is 5.75. The summed E-state index contributed by atoms with van der Waals surface area (Å²) in [4.78, 5) is 28.7. The van der Waals surface area contributed by atoms with Gasteiger partial charge in [-0.3, -0.25) is 13.9 Å². The highest BCUT2D eigenvalue weighted by Crippen LogP contribution is 2.15. The molecular weight excluding hydrogens is 320 g/mol. The molecule has 0 aliphatic carbocycles. The molecule has 0 fully saturated rings. The minimum atomic E-state index is -0.600. The van der Waals surface area contributed by atoms with Crippen LogP contribution in [-0.4, -0.2) is 25.2 Å². The standard InChI is InChI=1S/C17H18N6O2/c1-11-20-13-6-4-5-7-14(13)23(11)9-8-19-15-12(10-18)16(24)22(3)17(25)21(15)2/h4-7,19H,8-9H2,1-3H3. The Hall–Kier alpha value is -3.34. The van der Waals surface area contributed by atoms with Crippen molar-refractivity contribution in [2.24, 2.45) is 14.1 Å². The zero-order valence-electron chi connectivity index (χ0n) is 14.3. The summed E-state index contributed by atoms with van der Waals surface area (Å²) in [6.45, 7) is 2.95. The normalized spacial score (nSPS) is 10.8. The van der Waals surface area contributed by atoms with Crippen molar-refractivity contribution in [2.75, 3.05) is 11.9 Å². The second-order valence-corrected chi connectivity index (χ2v) is 5.77. The summed E-state index contributed by atoms with van der Waals surface area (Å²) in [5, 5.41) is 12.3. The van der Waals surface area contributed by atoms with Crippen molar-refractivity contribution in [3.8, 4) is 6.07 Å². The maximum atomic E-state index is 12.1. The maximum absolute atomic E-state index is 12.1. The zero-order valence-corrected chi connectivity index (χ0v) is 14.3. The average molecular weight is 338 g/mol. The molecule has 2 aromatic heterocycles. The Morgan fingerprint density at radius 3 is 2.64 bits per heavy atom. The number of benzene rings is 1. The summed E-state index contributed by atoms with van der Waals surface area (Å²) in [6.07, 6.45) is 0. The van der Waals surface area contributed by atoms with Crippen molar-refractivity contribution in [2.45, 2.75) is 13.5 Å². The number of hydrogen-bond donors (Lipinski definition) is 1. The third-order valence-electron chi connectivity index (χ3n) is 4.25. The lowest BCUT2D eigenvalue weighted by Gasteiger charge is -2.14. The lowest BCUT2D eigenvalue weighted by atomic mass is 10.3. The lowest BCUT2D eigenvalue weighted by Crippen LogP contribution is -2.40. The molecule has 0 saturated heterocycles. The Morgan fingerprint density at radius 1 is 1.20 bits per heavy atom. The van der Waals surface area contributed by atoms with Crippen molar-refractivity contribution in [3.05, 3.63) is 56.5 Å².